The maximum absolute atomic E-state index is 11.7. The number of rotatable bonds is 5. The average molecular weight is 252 g/mol. The minimum atomic E-state index is -0.00110. The van der Waals surface area contributed by atoms with E-state index in [9.17, 15) is 4.79 Å². The lowest BCUT2D eigenvalue weighted by Gasteiger charge is -2.32. The summed E-state index contributed by atoms with van der Waals surface area (Å²) in [6, 6.07) is 2.15. The molecule has 1 aromatic rings. The van der Waals surface area contributed by atoms with Gasteiger partial charge in [0.15, 0.2) is 0 Å². The van der Waals surface area contributed by atoms with Crippen molar-refractivity contribution >= 4 is 5.91 Å². The Balaban J connectivity index is 1.68. The SMILES string of the molecule is CC(CNC(=O)Cn1cccn1)N1CCOCC1. The van der Waals surface area contributed by atoms with Gasteiger partial charge in [0.25, 0.3) is 0 Å². The molecule has 0 aliphatic carbocycles. The van der Waals surface area contributed by atoms with Gasteiger partial charge in [0, 0.05) is 38.1 Å². The first-order valence-corrected chi connectivity index (χ1v) is 6.31. The number of hydrogen-bond donors (Lipinski definition) is 1. The third kappa shape index (κ3) is 3.82. The van der Waals surface area contributed by atoms with E-state index in [4.69, 9.17) is 4.74 Å². The molecule has 6 nitrogen and oxygen atoms in total. The number of carbonyl (C=O) groups excluding carboxylic acids is 1. The van der Waals surface area contributed by atoms with Crippen molar-refractivity contribution in [1.29, 1.82) is 0 Å². The van der Waals surface area contributed by atoms with Crippen LogP contribution < -0.4 is 5.32 Å². The van der Waals surface area contributed by atoms with Crippen LogP contribution in [0.25, 0.3) is 0 Å². The van der Waals surface area contributed by atoms with Gasteiger partial charge in [-0.1, -0.05) is 0 Å². The van der Waals surface area contributed by atoms with Gasteiger partial charge in [0.05, 0.1) is 13.2 Å². The molecule has 1 aliphatic heterocycles. The number of hydrogen-bond acceptors (Lipinski definition) is 4. The van der Waals surface area contributed by atoms with Crippen molar-refractivity contribution in [3.63, 3.8) is 0 Å². The molecule has 1 amide bonds. The van der Waals surface area contributed by atoms with Gasteiger partial charge in [-0.25, -0.2) is 0 Å². The largest absolute Gasteiger partial charge is 0.379 e. The Morgan fingerprint density at radius 1 is 1.50 bits per heavy atom. The highest BCUT2D eigenvalue weighted by Crippen LogP contribution is 2.02. The molecule has 1 atom stereocenters. The first-order chi connectivity index (χ1) is 8.75. The van der Waals surface area contributed by atoms with Crippen LogP contribution in [-0.2, 0) is 16.1 Å². The quantitative estimate of drug-likeness (QED) is 0.783. The normalized spacial score (nSPS) is 18.5. The highest BCUT2D eigenvalue weighted by molar-refractivity contribution is 5.75. The molecule has 100 valence electrons. The third-order valence-corrected chi connectivity index (χ3v) is 3.13. The molecule has 0 spiro atoms. The zero-order valence-corrected chi connectivity index (χ0v) is 10.7. The minimum Gasteiger partial charge on any atom is -0.379 e. The van der Waals surface area contributed by atoms with Gasteiger partial charge in [-0.15, -0.1) is 0 Å². The smallest absolute Gasteiger partial charge is 0.241 e. The summed E-state index contributed by atoms with van der Waals surface area (Å²) >= 11 is 0. The molecule has 0 radical (unpaired) electrons. The zero-order chi connectivity index (χ0) is 12.8. The number of nitrogens with one attached hydrogen (secondary N) is 1. The second kappa shape index (κ2) is 6.51. The fourth-order valence-corrected chi connectivity index (χ4v) is 2.01. The van der Waals surface area contributed by atoms with E-state index >= 15 is 0 Å². The van der Waals surface area contributed by atoms with Gasteiger partial charge in [-0.2, -0.15) is 5.10 Å². The van der Waals surface area contributed by atoms with Gasteiger partial charge in [0.2, 0.25) is 5.91 Å². The highest BCUT2D eigenvalue weighted by Gasteiger charge is 2.17. The molecule has 0 aromatic carbocycles. The van der Waals surface area contributed by atoms with Gasteiger partial charge >= 0.3 is 0 Å². The first-order valence-electron chi connectivity index (χ1n) is 6.31. The zero-order valence-electron chi connectivity index (χ0n) is 10.7. The van der Waals surface area contributed by atoms with Crippen LogP contribution in [0.3, 0.4) is 0 Å². The van der Waals surface area contributed by atoms with Crippen LogP contribution in [0.2, 0.25) is 0 Å². The van der Waals surface area contributed by atoms with Gasteiger partial charge < -0.3 is 10.1 Å². The lowest BCUT2D eigenvalue weighted by Crippen LogP contribution is -2.47. The van der Waals surface area contributed by atoms with Crippen molar-refractivity contribution < 1.29 is 9.53 Å². The van der Waals surface area contributed by atoms with E-state index in [0.29, 0.717) is 12.6 Å². The van der Waals surface area contributed by atoms with Gasteiger partial charge in [-0.3, -0.25) is 14.4 Å². The maximum Gasteiger partial charge on any atom is 0.241 e. The molecule has 2 heterocycles. The molecule has 1 aliphatic rings. The summed E-state index contributed by atoms with van der Waals surface area (Å²) < 4.78 is 6.92. The summed E-state index contributed by atoms with van der Waals surface area (Å²) in [4.78, 5) is 14.0. The maximum atomic E-state index is 11.7. The average Bonchev–Trinajstić information content (AvgIpc) is 2.90. The van der Waals surface area contributed by atoms with E-state index < -0.39 is 0 Å². The molecule has 18 heavy (non-hydrogen) atoms. The monoisotopic (exact) mass is 252 g/mol. The van der Waals surface area contributed by atoms with Crippen LogP contribution in [-0.4, -0.2) is 59.5 Å². The molecule has 1 fully saturated rings. The van der Waals surface area contributed by atoms with E-state index in [-0.39, 0.29) is 12.5 Å². The molecule has 0 bridgehead atoms. The second-order valence-corrected chi connectivity index (χ2v) is 4.51. The minimum absolute atomic E-state index is 0.00110. The number of amides is 1. The Labute approximate surface area is 107 Å². The number of ether oxygens (including phenoxy) is 1. The van der Waals surface area contributed by atoms with Crippen molar-refractivity contribution in [2.75, 3.05) is 32.8 Å². The molecule has 0 saturated carbocycles. The molecular weight excluding hydrogens is 232 g/mol. The second-order valence-electron chi connectivity index (χ2n) is 4.51. The fourth-order valence-electron chi connectivity index (χ4n) is 2.01. The van der Waals surface area contributed by atoms with E-state index in [0.717, 1.165) is 26.3 Å². The van der Waals surface area contributed by atoms with E-state index in [1.807, 2.05) is 6.07 Å². The van der Waals surface area contributed by atoms with Crippen LogP contribution in [0.4, 0.5) is 0 Å². The summed E-state index contributed by atoms with van der Waals surface area (Å²) in [7, 11) is 0. The standard InChI is InChI=1S/C12H20N4O2/c1-11(15-5-7-18-8-6-15)9-13-12(17)10-16-4-2-3-14-16/h2-4,11H,5-10H2,1H3,(H,13,17). The number of carbonyl (C=O) groups is 1. The molecule has 1 aromatic heterocycles. The van der Waals surface area contributed by atoms with Crippen LogP contribution in [0.15, 0.2) is 18.5 Å². The summed E-state index contributed by atoms with van der Waals surface area (Å²) in [6.45, 7) is 6.52. The van der Waals surface area contributed by atoms with Crippen molar-refractivity contribution in [3.8, 4) is 0 Å². The Bertz CT molecular complexity index is 360. The predicted molar refractivity (Wildman–Crippen MR) is 67.1 cm³/mol. The molecular formula is C12H20N4O2. The van der Waals surface area contributed by atoms with Crippen molar-refractivity contribution in [3.05, 3.63) is 18.5 Å². The van der Waals surface area contributed by atoms with E-state index in [1.165, 1.54) is 0 Å². The van der Waals surface area contributed by atoms with Crippen molar-refractivity contribution in [1.82, 2.24) is 20.0 Å². The Morgan fingerprint density at radius 2 is 2.28 bits per heavy atom. The number of aromatic nitrogens is 2. The van der Waals surface area contributed by atoms with Crippen LogP contribution in [0.1, 0.15) is 6.92 Å². The topological polar surface area (TPSA) is 59.4 Å². The van der Waals surface area contributed by atoms with Crippen LogP contribution in [0, 0.1) is 0 Å². The summed E-state index contributed by atoms with van der Waals surface area (Å²) in [5.74, 6) is -0.00110. The summed E-state index contributed by atoms with van der Waals surface area (Å²) in [5, 5.41) is 6.94. The summed E-state index contributed by atoms with van der Waals surface area (Å²) in [5.41, 5.74) is 0. The van der Waals surface area contributed by atoms with E-state index in [1.54, 1.807) is 17.1 Å². The Kier molecular flexibility index (Phi) is 4.72. The van der Waals surface area contributed by atoms with Gasteiger partial charge in [-0.05, 0) is 13.0 Å². The Morgan fingerprint density at radius 3 is 2.94 bits per heavy atom. The molecule has 2 rings (SSSR count). The fraction of sp³-hybridized carbons (Fsp3) is 0.667. The van der Waals surface area contributed by atoms with Crippen LogP contribution >= 0.6 is 0 Å². The van der Waals surface area contributed by atoms with Gasteiger partial charge in [0.1, 0.15) is 6.54 Å². The summed E-state index contributed by atoms with van der Waals surface area (Å²) in [6.07, 6.45) is 3.45. The van der Waals surface area contributed by atoms with Crippen molar-refractivity contribution in [2.24, 2.45) is 0 Å². The Hall–Kier alpha value is -1.40. The lowest BCUT2D eigenvalue weighted by molar-refractivity contribution is -0.122. The van der Waals surface area contributed by atoms with Crippen molar-refractivity contribution in [2.45, 2.75) is 19.5 Å². The number of morpholine rings is 1. The lowest BCUT2D eigenvalue weighted by atomic mass is 10.2. The highest BCUT2D eigenvalue weighted by atomic mass is 16.5. The number of nitrogens with zero attached hydrogens (tertiary/aromatic N) is 3. The van der Waals surface area contributed by atoms with E-state index in [2.05, 4.69) is 22.2 Å². The molecule has 1 unspecified atom stereocenters. The third-order valence-electron chi connectivity index (χ3n) is 3.13. The van der Waals surface area contributed by atoms with Crippen LogP contribution in [0.5, 0.6) is 0 Å². The first kappa shape index (κ1) is 13.0. The predicted octanol–water partition coefficient (Wildman–Crippen LogP) is -0.280. The molecule has 6 heteroatoms. The molecule has 1 N–H and O–H groups in total. The molecule has 1 saturated heterocycles.